The van der Waals surface area contributed by atoms with E-state index in [1.807, 2.05) is 35.2 Å². The first-order chi connectivity index (χ1) is 17.6. The average molecular weight is 488 g/mol. The maximum absolute atomic E-state index is 12.9. The van der Waals surface area contributed by atoms with Crippen LogP contribution < -0.4 is 10.1 Å². The van der Waals surface area contributed by atoms with Crippen molar-refractivity contribution in [2.45, 2.75) is 6.42 Å². The number of aliphatic hydroxyl groups excluding tert-OH is 1. The average Bonchev–Trinajstić information content (AvgIpc) is 3.33. The fourth-order valence-corrected chi connectivity index (χ4v) is 4.09. The summed E-state index contributed by atoms with van der Waals surface area (Å²) in [6, 6.07) is 13.1. The fraction of sp³-hybridized carbons (Fsp3) is 0.308. The minimum Gasteiger partial charge on any atom is -0.493 e. The molecule has 1 saturated heterocycles. The lowest BCUT2D eigenvalue weighted by atomic mass is 10.2. The molecule has 10 nitrogen and oxygen atoms in total. The van der Waals surface area contributed by atoms with Crippen LogP contribution in [0.3, 0.4) is 0 Å². The summed E-state index contributed by atoms with van der Waals surface area (Å²) >= 11 is 0. The van der Waals surface area contributed by atoms with Gasteiger partial charge in [0.25, 0.3) is 5.91 Å². The van der Waals surface area contributed by atoms with E-state index >= 15 is 0 Å². The van der Waals surface area contributed by atoms with E-state index in [2.05, 4.69) is 37.2 Å². The molecule has 3 N–H and O–H groups in total. The normalized spacial score (nSPS) is 14.2. The number of hydrogen-bond donors (Lipinski definition) is 3. The van der Waals surface area contributed by atoms with Crippen LogP contribution in [-0.2, 0) is 0 Å². The van der Waals surface area contributed by atoms with Gasteiger partial charge in [-0.25, -0.2) is 9.97 Å². The molecule has 1 aromatic carbocycles. The van der Waals surface area contributed by atoms with Crippen molar-refractivity contribution in [3.8, 4) is 17.1 Å². The van der Waals surface area contributed by atoms with Crippen LogP contribution in [0.25, 0.3) is 22.3 Å². The van der Waals surface area contributed by atoms with E-state index in [1.165, 1.54) is 0 Å². The number of nitrogens with zero attached hydrogens (tertiary/aromatic N) is 5. The number of anilines is 2. The van der Waals surface area contributed by atoms with Gasteiger partial charge in [-0.1, -0.05) is 0 Å². The SMILES string of the molecule is CN1CCN(C(=O)c2cc3cc(Nc4nccc(-c5cc(OCCCO)ccn5)n4)ccc3[nH]2)CC1. The Morgan fingerprint density at radius 3 is 2.72 bits per heavy atom. The number of pyridine rings is 1. The maximum Gasteiger partial charge on any atom is 0.270 e. The number of H-pyrrole nitrogens is 1. The summed E-state index contributed by atoms with van der Waals surface area (Å²) in [5.74, 6) is 1.13. The smallest absolute Gasteiger partial charge is 0.270 e. The number of fused-ring (bicyclic) bond motifs is 1. The van der Waals surface area contributed by atoms with Crippen molar-refractivity contribution in [2.24, 2.45) is 0 Å². The number of hydrogen-bond acceptors (Lipinski definition) is 8. The Kier molecular flexibility index (Phi) is 7.06. The van der Waals surface area contributed by atoms with E-state index in [4.69, 9.17) is 9.84 Å². The van der Waals surface area contributed by atoms with Crippen LogP contribution in [0.5, 0.6) is 5.75 Å². The molecular formula is C26H29N7O3. The van der Waals surface area contributed by atoms with Gasteiger partial charge in [0, 0.05) is 74.3 Å². The third-order valence-electron chi connectivity index (χ3n) is 6.12. The van der Waals surface area contributed by atoms with Crippen molar-refractivity contribution in [2.75, 3.05) is 51.8 Å². The fourth-order valence-electron chi connectivity index (χ4n) is 4.09. The number of aromatic nitrogens is 4. The second-order valence-corrected chi connectivity index (χ2v) is 8.77. The molecule has 1 amide bonds. The maximum atomic E-state index is 12.9. The molecular weight excluding hydrogens is 458 g/mol. The summed E-state index contributed by atoms with van der Waals surface area (Å²) in [6.07, 6.45) is 3.91. The Labute approximate surface area is 209 Å². The summed E-state index contributed by atoms with van der Waals surface area (Å²) in [5.41, 5.74) is 3.62. The Bertz CT molecular complexity index is 1350. The number of carbonyl (C=O) groups is 1. The quantitative estimate of drug-likeness (QED) is 0.325. The molecule has 10 heteroatoms. The molecule has 0 bridgehead atoms. The molecule has 4 aromatic rings. The first kappa shape index (κ1) is 23.7. The van der Waals surface area contributed by atoms with Gasteiger partial charge < -0.3 is 29.9 Å². The molecule has 186 valence electrons. The monoisotopic (exact) mass is 487 g/mol. The molecule has 0 saturated carbocycles. The number of nitrogens with one attached hydrogen (secondary N) is 2. The number of benzene rings is 1. The number of ether oxygens (including phenoxy) is 1. The highest BCUT2D eigenvalue weighted by Gasteiger charge is 2.21. The Morgan fingerprint density at radius 2 is 1.89 bits per heavy atom. The van der Waals surface area contributed by atoms with Gasteiger partial charge in [0.1, 0.15) is 11.4 Å². The summed E-state index contributed by atoms with van der Waals surface area (Å²) in [4.78, 5) is 33.7. The van der Waals surface area contributed by atoms with Crippen LogP contribution in [0.1, 0.15) is 16.9 Å². The van der Waals surface area contributed by atoms with Crippen molar-refractivity contribution in [3.05, 3.63) is 60.6 Å². The second kappa shape index (κ2) is 10.7. The molecule has 1 aliphatic heterocycles. The number of likely N-dealkylation sites (N-methyl/N-ethyl adjacent to an activating group) is 1. The summed E-state index contributed by atoms with van der Waals surface area (Å²) in [7, 11) is 2.07. The topological polar surface area (TPSA) is 120 Å². The van der Waals surface area contributed by atoms with Crippen molar-refractivity contribution < 1.29 is 14.6 Å². The van der Waals surface area contributed by atoms with E-state index in [9.17, 15) is 4.79 Å². The van der Waals surface area contributed by atoms with Crippen molar-refractivity contribution in [3.63, 3.8) is 0 Å². The summed E-state index contributed by atoms with van der Waals surface area (Å²) < 4.78 is 5.65. The predicted molar refractivity (Wildman–Crippen MR) is 137 cm³/mol. The third-order valence-corrected chi connectivity index (χ3v) is 6.12. The summed E-state index contributed by atoms with van der Waals surface area (Å²) in [5, 5.41) is 13.1. The van der Waals surface area contributed by atoms with Gasteiger partial charge in [0.05, 0.1) is 18.0 Å². The van der Waals surface area contributed by atoms with E-state index in [1.54, 1.807) is 24.5 Å². The van der Waals surface area contributed by atoms with E-state index in [0.717, 1.165) is 42.8 Å². The molecule has 1 aliphatic rings. The first-order valence-electron chi connectivity index (χ1n) is 12.0. The van der Waals surface area contributed by atoms with Gasteiger partial charge in [-0.3, -0.25) is 9.78 Å². The molecule has 5 rings (SSSR count). The van der Waals surface area contributed by atoms with Crippen molar-refractivity contribution in [1.82, 2.24) is 29.7 Å². The lowest BCUT2D eigenvalue weighted by molar-refractivity contribution is 0.0659. The van der Waals surface area contributed by atoms with Crippen molar-refractivity contribution in [1.29, 1.82) is 0 Å². The van der Waals surface area contributed by atoms with Crippen LogP contribution >= 0.6 is 0 Å². The highest BCUT2D eigenvalue weighted by Crippen LogP contribution is 2.25. The summed E-state index contributed by atoms with van der Waals surface area (Å²) in [6.45, 7) is 3.75. The Balaban J connectivity index is 1.30. The van der Waals surface area contributed by atoms with Crippen LogP contribution in [0, 0.1) is 0 Å². The second-order valence-electron chi connectivity index (χ2n) is 8.77. The van der Waals surface area contributed by atoms with E-state index in [-0.39, 0.29) is 12.5 Å². The highest BCUT2D eigenvalue weighted by molar-refractivity contribution is 5.98. The van der Waals surface area contributed by atoms with Gasteiger partial charge in [-0.15, -0.1) is 0 Å². The molecule has 4 heterocycles. The van der Waals surface area contributed by atoms with Crippen LogP contribution in [-0.4, -0.2) is 87.2 Å². The molecule has 1 fully saturated rings. The molecule has 0 spiro atoms. The molecule has 0 radical (unpaired) electrons. The predicted octanol–water partition coefficient (Wildman–Crippen LogP) is 2.91. The molecule has 3 aromatic heterocycles. The van der Waals surface area contributed by atoms with Gasteiger partial charge in [0.2, 0.25) is 5.95 Å². The van der Waals surface area contributed by atoms with Crippen molar-refractivity contribution >= 4 is 28.4 Å². The molecule has 0 atom stereocenters. The number of rotatable bonds is 8. The van der Waals surface area contributed by atoms with Gasteiger partial charge in [-0.05, 0) is 43.4 Å². The number of carbonyl (C=O) groups excluding carboxylic acids is 1. The zero-order valence-electron chi connectivity index (χ0n) is 20.1. The lowest BCUT2D eigenvalue weighted by Crippen LogP contribution is -2.47. The minimum absolute atomic E-state index is 0.0277. The van der Waals surface area contributed by atoms with Crippen LogP contribution in [0.4, 0.5) is 11.6 Å². The number of amides is 1. The first-order valence-corrected chi connectivity index (χ1v) is 12.0. The Hall–Kier alpha value is -4.02. The van der Waals surface area contributed by atoms with Gasteiger partial charge in [-0.2, -0.15) is 0 Å². The van der Waals surface area contributed by atoms with Gasteiger partial charge >= 0.3 is 0 Å². The molecule has 36 heavy (non-hydrogen) atoms. The lowest BCUT2D eigenvalue weighted by Gasteiger charge is -2.32. The zero-order valence-corrected chi connectivity index (χ0v) is 20.1. The number of aliphatic hydroxyl groups is 1. The van der Waals surface area contributed by atoms with Gasteiger partial charge in [0.15, 0.2) is 0 Å². The van der Waals surface area contributed by atoms with E-state index < -0.39 is 0 Å². The van der Waals surface area contributed by atoms with E-state index in [0.29, 0.717) is 41.8 Å². The van der Waals surface area contributed by atoms with Crippen LogP contribution in [0.15, 0.2) is 54.9 Å². The third kappa shape index (κ3) is 5.45. The standard InChI is InChI=1S/C26H29N7O3/c1-32-9-11-33(12-10-32)25(35)24-16-18-15-19(3-4-21(18)30-24)29-26-28-8-6-22(31-26)23-17-20(5-7-27-23)36-14-2-13-34/h3-8,15-17,30,34H,2,9-14H2,1H3,(H,28,29,31). The molecule has 0 unspecified atom stereocenters. The zero-order chi connectivity index (χ0) is 24.9. The largest absolute Gasteiger partial charge is 0.493 e. The number of aromatic amines is 1. The molecule has 0 aliphatic carbocycles. The minimum atomic E-state index is 0.0277. The number of piperazine rings is 1. The van der Waals surface area contributed by atoms with Crippen LogP contribution in [0.2, 0.25) is 0 Å². The Morgan fingerprint density at radius 1 is 1.06 bits per heavy atom. The highest BCUT2D eigenvalue weighted by atomic mass is 16.5.